The standard InChI is InChI=1S/C12H16ClN3/c13-12-2-1-9(3-15-12)6-16-7-10-4-14-5-11(10)8-16/h1-3,10-11,14H,4-8H2/t10-,11+. The van der Waals surface area contributed by atoms with E-state index in [4.69, 9.17) is 11.6 Å². The Morgan fingerprint density at radius 2 is 2.06 bits per heavy atom. The minimum atomic E-state index is 0.575. The van der Waals surface area contributed by atoms with E-state index in [1.165, 1.54) is 31.7 Å². The largest absolute Gasteiger partial charge is 0.316 e. The number of nitrogens with zero attached hydrogens (tertiary/aromatic N) is 2. The van der Waals surface area contributed by atoms with Crippen LogP contribution in [0.2, 0.25) is 5.15 Å². The van der Waals surface area contributed by atoms with Gasteiger partial charge >= 0.3 is 0 Å². The van der Waals surface area contributed by atoms with Gasteiger partial charge < -0.3 is 5.32 Å². The lowest BCUT2D eigenvalue weighted by Crippen LogP contribution is -2.25. The summed E-state index contributed by atoms with van der Waals surface area (Å²) in [6, 6.07) is 3.94. The molecule has 0 aromatic carbocycles. The monoisotopic (exact) mass is 237 g/mol. The molecule has 16 heavy (non-hydrogen) atoms. The van der Waals surface area contributed by atoms with E-state index >= 15 is 0 Å². The van der Waals surface area contributed by atoms with Crippen LogP contribution in [0, 0.1) is 11.8 Å². The van der Waals surface area contributed by atoms with Gasteiger partial charge in [0.2, 0.25) is 0 Å². The van der Waals surface area contributed by atoms with Gasteiger partial charge in [0.05, 0.1) is 0 Å². The molecule has 86 valence electrons. The molecule has 4 heteroatoms. The van der Waals surface area contributed by atoms with E-state index in [-0.39, 0.29) is 0 Å². The Balaban J connectivity index is 1.62. The number of rotatable bonds is 2. The molecular weight excluding hydrogens is 222 g/mol. The highest BCUT2D eigenvalue weighted by molar-refractivity contribution is 6.29. The average molecular weight is 238 g/mol. The smallest absolute Gasteiger partial charge is 0.129 e. The molecule has 0 amide bonds. The first kappa shape index (κ1) is 10.5. The van der Waals surface area contributed by atoms with Gasteiger partial charge in [0.15, 0.2) is 0 Å². The molecule has 2 aliphatic heterocycles. The van der Waals surface area contributed by atoms with Gasteiger partial charge in [-0.2, -0.15) is 0 Å². The van der Waals surface area contributed by atoms with Crippen LogP contribution in [0.3, 0.4) is 0 Å². The molecule has 1 N–H and O–H groups in total. The number of aromatic nitrogens is 1. The van der Waals surface area contributed by atoms with Gasteiger partial charge in [-0.15, -0.1) is 0 Å². The average Bonchev–Trinajstić information content (AvgIpc) is 2.81. The summed E-state index contributed by atoms with van der Waals surface area (Å²) in [6.45, 7) is 5.85. The minimum Gasteiger partial charge on any atom is -0.316 e. The molecule has 3 heterocycles. The van der Waals surface area contributed by atoms with Crippen LogP contribution in [0.5, 0.6) is 0 Å². The van der Waals surface area contributed by atoms with Crippen molar-refractivity contribution in [2.24, 2.45) is 11.8 Å². The number of nitrogens with one attached hydrogen (secondary N) is 1. The molecule has 3 nitrogen and oxygen atoms in total. The first-order chi connectivity index (χ1) is 7.81. The number of fused-ring (bicyclic) bond motifs is 1. The molecule has 2 atom stereocenters. The van der Waals surface area contributed by atoms with Crippen molar-refractivity contribution in [3.63, 3.8) is 0 Å². The van der Waals surface area contributed by atoms with E-state index in [0.29, 0.717) is 5.15 Å². The van der Waals surface area contributed by atoms with Crippen LogP contribution >= 0.6 is 11.6 Å². The van der Waals surface area contributed by atoms with Crippen LogP contribution in [0.15, 0.2) is 18.3 Å². The van der Waals surface area contributed by atoms with Crippen molar-refractivity contribution in [3.05, 3.63) is 29.0 Å². The maximum absolute atomic E-state index is 5.77. The summed E-state index contributed by atoms with van der Waals surface area (Å²) in [5.41, 5.74) is 1.26. The fourth-order valence-electron chi connectivity index (χ4n) is 2.84. The predicted molar refractivity (Wildman–Crippen MR) is 64.4 cm³/mol. The second-order valence-electron chi connectivity index (χ2n) is 4.86. The van der Waals surface area contributed by atoms with Crippen molar-refractivity contribution in [2.75, 3.05) is 26.2 Å². The summed E-state index contributed by atoms with van der Waals surface area (Å²) >= 11 is 5.77. The zero-order valence-electron chi connectivity index (χ0n) is 9.19. The van der Waals surface area contributed by atoms with Crippen molar-refractivity contribution in [3.8, 4) is 0 Å². The fourth-order valence-corrected chi connectivity index (χ4v) is 2.95. The lowest BCUT2D eigenvalue weighted by atomic mass is 10.0. The molecule has 0 aliphatic carbocycles. The van der Waals surface area contributed by atoms with Crippen LogP contribution < -0.4 is 5.32 Å². The van der Waals surface area contributed by atoms with Gasteiger partial charge in [-0.1, -0.05) is 17.7 Å². The van der Waals surface area contributed by atoms with Gasteiger partial charge in [0.1, 0.15) is 5.15 Å². The van der Waals surface area contributed by atoms with Crippen molar-refractivity contribution >= 4 is 11.6 Å². The molecular formula is C12H16ClN3. The van der Waals surface area contributed by atoms with E-state index in [9.17, 15) is 0 Å². The molecule has 0 radical (unpaired) electrons. The van der Waals surface area contributed by atoms with Crippen LogP contribution in [0.1, 0.15) is 5.56 Å². The number of hydrogen-bond donors (Lipinski definition) is 1. The minimum absolute atomic E-state index is 0.575. The molecule has 3 rings (SSSR count). The van der Waals surface area contributed by atoms with Crippen LogP contribution in [-0.4, -0.2) is 36.1 Å². The normalized spacial score (nSPS) is 29.6. The second-order valence-corrected chi connectivity index (χ2v) is 5.25. The van der Waals surface area contributed by atoms with Gasteiger partial charge in [-0.05, 0) is 36.6 Å². The van der Waals surface area contributed by atoms with Gasteiger partial charge in [-0.25, -0.2) is 4.98 Å². The lowest BCUT2D eigenvalue weighted by Gasteiger charge is -2.16. The highest BCUT2D eigenvalue weighted by Gasteiger charge is 2.35. The lowest BCUT2D eigenvalue weighted by molar-refractivity contribution is 0.305. The van der Waals surface area contributed by atoms with E-state index < -0.39 is 0 Å². The van der Waals surface area contributed by atoms with Gasteiger partial charge in [0, 0.05) is 25.8 Å². The number of likely N-dealkylation sites (tertiary alicyclic amines) is 1. The maximum atomic E-state index is 5.77. The predicted octanol–water partition coefficient (Wildman–Crippen LogP) is 1.39. The Bertz CT molecular complexity index is 353. The van der Waals surface area contributed by atoms with Crippen molar-refractivity contribution in [1.82, 2.24) is 15.2 Å². The van der Waals surface area contributed by atoms with Crippen molar-refractivity contribution in [2.45, 2.75) is 6.54 Å². The Labute approximate surface area is 101 Å². The first-order valence-corrected chi connectivity index (χ1v) is 6.22. The number of pyridine rings is 1. The van der Waals surface area contributed by atoms with Crippen LogP contribution in [-0.2, 0) is 6.54 Å². The first-order valence-electron chi connectivity index (χ1n) is 5.85. The summed E-state index contributed by atoms with van der Waals surface area (Å²) in [4.78, 5) is 6.65. The third-order valence-corrected chi connectivity index (χ3v) is 3.88. The maximum Gasteiger partial charge on any atom is 0.129 e. The van der Waals surface area contributed by atoms with E-state index in [0.717, 1.165) is 18.4 Å². The summed E-state index contributed by atoms with van der Waals surface area (Å²) in [5.74, 6) is 1.72. The third kappa shape index (κ3) is 2.08. The number of hydrogen-bond acceptors (Lipinski definition) is 3. The zero-order valence-corrected chi connectivity index (χ0v) is 9.95. The molecule has 1 aromatic rings. The highest BCUT2D eigenvalue weighted by atomic mass is 35.5. The van der Waals surface area contributed by atoms with Gasteiger partial charge in [0.25, 0.3) is 0 Å². The summed E-state index contributed by atoms with van der Waals surface area (Å²) in [6.07, 6.45) is 1.88. The Morgan fingerprint density at radius 1 is 1.31 bits per heavy atom. The summed E-state index contributed by atoms with van der Waals surface area (Å²) < 4.78 is 0. The molecule has 2 saturated heterocycles. The van der Waals surface area contributed by atoms with Crippen LogP contribution in [0.4, 0.5) is 0 Å². The second kappa shape index (κ2) is 4.32. The molecule has 1 aromatic heterocycles. The molecule has 0 saturated carbocycles. The van der Waals surface area contributed by atoms with E-state index in [1.54, 1.807) is 0 Å². The van der Waals surface area contributed by atoms with Crippen molar-refractivity contribution in [1.29, 1.82) is 0 Å². The van der Waals surface area contributed by atoms with E-state index in [1.807, 2.05) is 12.3 Å². The molecule has 0 spiro atoms. The summed E-state index contributed by atoms with van der Waals surface area (Å²) in [7, 11) is 0. The molecule has 0 bridgehead atoms. The molecule has 0 unspecified atom stereocenters. The van der Waals surface area contributed by atoms with E-state index in [2.05, 4.69) is 21.3 Å². The Hall–Kier alpha value is -0.640. The van der Waals surface area contributed by atoms with Crippen LogP contribution in [0.25, 0.3) is 0 Å². The Kier molecular flexibility index (Phi) is 2.84. The Morgan fingerprint density at radius 3 is 2.69 bits per heavy atom. The molecule has 2 aliphatic rings. The highest BCUT2D eigenvalue weighted by Crippen LogP contribution is 2.27. The SMILES string of the molecule is Clc1ccc(CN2C[C@H]3CNC[C@H]3C2)cn1. The number of halogens is 1. The quantitative estimate of drug-likeness (QED) is 0.788. The van der Waals surface area contributed by atoms with Gasteiger partial charge in [-0.3, -0.25) is 4.90 Å². The zero-order chi connectivity index (χ0) is 11.0. The third-order valence-electron chi connectivity index (χ3n) is 3.66. The summed E-state index contributed by atoms with van der Waals surface area (Å²) in [5, 5.41) is 4.03. The molecule has 2 fully saturated rings. The van der Waals surface area contributed by atoms with Crippen molar-refractivity contribution < 1.29 is 0 Å². The topological polar surface area (TPSA) is 28.2 Å². The fraction of sp³-hybridized carbons (Fsp3) is 0.583.